The number of aromatic amines is 1. The fourth-order valence-corrected chi connectivity index (χ4v) is 3.01. The Morgan fingerprint density at radius 1 is 1.38 bits per heavy atom. The first-order valence-corrected chi connectivity index (χ1v) is 8.81. The average molecular weight is 356 g/mol. The Morgan fingerprint density at radius 2 is 2.15 bits per heavy atom. The van der Waals surface area contributed by atoms with E-state index in [0.717, 1.165) is 5.56 Å². The summed E-state index contributed by atoms with van der Waals surface area (Å²) in [5.74, 6) is 0.183. The van der Waals surface area contributed by atoms with E-state index in [1.165, 1.54) is 6.20 Å². The molecule has 1 aliphatic heterocycles. The summed E-state index contributed by atoms with van der Waals surface area (Å²) in [6.07, 6.45) is 1.32. The second-order valence-electron chi connectivity index (χ2n) is 6.86. The highest BCUT2D eigenvalue weighted by molar-refractivity contribution is 5.99. The molecule has 1 aliphatic rings. The first-order valence-electron chi connectivity index (χ1n) is 8.81. The van der Waals surface area contributed by atoms with Gasteiger partial charge in [-0.25, -0.2) is 0 Å². The highest BCUT2D eigenvalue weighted by Gasteiger charge is 2.27. The number of amides is 2. The number of ether oxygens (including phenoxy) is 1. The standard InChI is InChI=1S/C19H24N4O3/c1-13(2)10-23-11-15(26-12-17(23)24)8-20-19(25)16-9-21-22-18(16)14-6-4-3-5-7-14/h3-7,9,13,15H,8,10-12H2,1-2H3,(H,20,25)(H,21,22). The molecule has 1 unspecified atom stereocenters. The molecule has 0 bridgehead atoms. The lowest BCUT2D eigenvalue weighted by Gasteiger charge is -2.33. The van der Waals surface area contributed by atoms with Gasteiger partial charge in [0, 0.05) is 25.2 Å². The number of H-pyrrole nitrogens is 1. The average Bonchev–Trinajstić information content (AvgIpc) is 3.12. The molecule has 1 aromatic carbocycles. The first kappa shape index (κ1) is 18.1. The zero-order valence-corrected chi connectivity index (χ0v) is 15.1. The monoisotopic (exact) mass is 356 g/mol. The molecule has 0 spiro atoms. The van der Waals surface area contributed by atoms with E-state index < -0.39 is 0 Å². The summed E-state index contributed by atoms with van der Waals surface area (Å²) in [6.45, 7) is 5.75. The van der Waals surface area contributed by atoms with Crippen molar-refractivity contribution in [2.75, 3.05) is 26.2 Å². The van der Waals surface area contributed by atoms with Gasteiger partial charge in [-0.15, -0.1) is 0 Å². The molecule has 0 aliphatic carbocycles. The van der Waals surface area contributed by atoms with Crippen LogP contribution in [-0.4, -0.2) is 59.3 Å². The van der Waals surface area contributed by atoms with Crippen molar-refractivity contribution in [1.82, 2.24) is 20.4 Å². The Labute approximate surface area is 152 Å². The third-order valence-electron chi connectivity index (χ3n) is 4.24. The SMILES string of the molecule is CC(C)CN1CC(CNC(=O)c2cn[nH]c2-c2ccccc2)OCC1=O. The minimum Gasteiger partial charge on any atom is -0.365 e. The Bertz CT molecular complexity index is 757. The molecule has 26 heavy (non-hydrogen) atoms. The first-order chi connectivity index (χ1) is 12.5. The molecule has 1 aromatic heterocycles. The Morgan fingerprint density at radius 3 is 2.88 bits per heavy atom. The fraction of sp³-hybridized carbons (Fsp3) is 0.421. The quantitative estimate of drug-likeness (QED) is 0.825. The maximum absolute atomic E-state index is 12.6. The lowest BCUT2D eigenvalue weighted by Crippen LogP contribution is -2.51. The summed E-state index contributed by atoms with van der Waals surface area (Å²) in [4.78, 5) is 26.3. The highest BCUT2D eigenvalue weighted by atomic mass is 16.5. The van der Waals surface area contributed by atoms with Gasteiger partial charge in [0.1, 0.15) is 6.61 Å². The molecule has 3 rings (SSSR count). The normalized spacial score (nSPS) is 17.6. The minimum atomic E-state index is -0.214. The van der Waals surface area contributed by atoms with Gasteiger partial charge in [-0.05, 0) is 5.92 Å². The van der Waals surface area contributed by atoms with E-state index in [0.29, 0.717) is 36.8 Å². The van der Waals surface area contributed by atoms with Crippen LogP contribution in [0.1, 0.15) is 24.2 Å². The van der Waals surface area contributed by atoms with Crippen LogP contribution in [0.4, 0.5) is 0 Å². The third-order valence-corrected chi connectivity index (χ3v) is 4.24. The van der Waals surface area contributed by atoms with Gasteiger partial charge in [-0.1, -0.05) is 44.2 Å². The number of benzene rings is 1. The Kier molecular flexibility index (Phi) is 5.68. The summed E-state index contributed by atoms with van der Waals surface area (Å²) in [7, 11) is 0. The largest absolute Gasteiger partial charge is 0.365 e. The summed E-state index contributed by atoms with van der Waals surface area (Å²) < 4.78 is 5.56. The van der Waals surface area contributed by atoms with E-state index in [2.05, 4.69) is 29.4 Å². The predicted molar refractivity (Wildman–Crippen MR) is 97.5 cm³/mol. The van der Waals surface area contributed by atoms with Crippen molar-refractivity contribution in [3.8, 4) is 11.3 Å². The second kappa shape index (κ2) is 8.14. The summed E-state index contributed by atoms with van der Waals surface area (Å²) in [5.41, 5.74) is 2.07. The third kappa shape index (κ3) is 4.29. The van der Waals surface area contributed by atoms with Gasteiger partial charge in [0.2, 0.25) is 5.91 Å². The molecule has 7 nitrogen and oxygen atoms in total. The van der Waals surface area contributed by atoms with E-state index in [1.54, 1.807) is 4.90 Å². The number of carbonyl (C=O) groups excluding carboxylic acids is 2. The van der Waals surface area contributed by atoms with Crippen LogP contribution in [0.2, 0.25) is 0 Å². The van der Waals surface area contributed by atoms with Crippen LogP contribution in [0.5, 0.6) is 0 Å². The summed E-state index contributed by atoms with van der Waals surface area (Å²) in [6, 6.07) is 9.58. The van der Waals surface area contributed by atoms with Crippen LogP contribution in [0, 0.1) is 5.92 Å². The van der Waals surface area contributed by atoms with Gasteiger partial charge >= 0.3 is 0 Å². The van der Waals surface area contributed by atoms with E-state index in [1.807, 2.05) is 30.3 Å². The van der Waals surface area contributed by atoms with Gasteiger partial charge in [0.25, 0.3) is 5.91 Å². The van der Waals surface area contributed by atoms with E-state index in [4.69, 9.17) is 4.74 Å². The van der Waals surface area contributed by atoms with Crippen molar-refractivity contribution in [3.05, 3.63) is 42.1 Å². The fourth-order valence-electron chi connectivity index (χ4n) is 3.01. The van der Waals surface area contributed by atoms with Crippen LogP contribution in [0.25, 0.3) is 11.3 Å². The Balaban J connectivity index is 1.60. The van der Waals surface area contributed by atoms with Gasteiger partial charge in [-0.2, -0.15) is 5.10 Å². The number of carbonyl (C=O) groups is 2. The molecule has 0 saturated carbocycles. The molecule has 1 atom stereocenters. The molecular weight excluding hydrogens is 332 g/mol. The molecule has 2 amide bonds. The van der Waals surface area contributed by atoms with E-state index >= 15 is 0 Å². The Hall–Kier alpha value is -2.67. The molecule has 2 heterocycles. The lowest BCUT2D eigenvalue weighted by molar-refractivity contribution is -0.149. The molecular formula is C19H24N4O3. The second-order valence-corrected chi connectivity index (χ2v) is 6.86. The van der Waals surface area contributed by atoms with Gasteiger partial charge in [0.15, 0.2) is 0 Å². The van der Waals surface area contributed by atoms with Gasteiger partial charge < -0.3 is 15.0 Å². The van der Waals surface area contributed by atoms with Crippen LogP contribution in [0.15, 0.2) is 36.5 Å². The molecule has 2 N–H and O–H groups in total. The predicted octanol–water partition coefficient (Wildman–Crippen LogP) is 1.69. The van der Waals surface area contributed by atoms with Crippen LogP contribution < -0.4 is 5.32 Å². The van der Waals surface area contributed by atoms with Crippen molar-refractivity contribution in [3.63, 3.8) is 0 Å². The molecule has 2 aromatic rings. The number of rotatable bonds is 6. The number of hydrogen-bond donors (Lipinski definition) is 2. The zero-order chi connectivity index (χ0) is 18.5. The lowest BCUT2D eigenvalue weighted by atomic mass is 10.1. The topological polar surface area (TPSA) is 87.3 Å². The summed E-state index contributed by atoms with van der Waals surface area (Å²) >= 11 is 0. The van der Waals surface area contributed by atoms with Gasteiger partial charge in [0.05, 0.1) is 23.6 Å². The van der Waals surface area contributed by atoms with E-state index in [-0.39, 0.29) is 24.5 Å². The number of aromatic nitrogens is 2. The van der Waals surface area contributed by atoms with Crippen molar-refractivity contribution >= 4 is 11.8 Å². The van der Waals surface area contributed by atoms with Crippen LogP contribution in [0.3, 0.4) is 0 Å². The number of hydrogen-bond acceptors (Lipinski definition) is 4. The zero-order valence-electron chi connectivity index (χ0n) is 15.1. The molecule has 0 radical (unpaired) electrons. The maximum atomic E-state index is 12.6. The number of nitrogens with one attached hydrogen (secondary N) is 2. The molecule has 1 saturated heterocycles. The van der Waals surface area contributed by atoms with Crippen molar-refractivity contribution < 1.29 is 14.3 Å². The molecule has 1 fully saturated rings. The minimum absolute atomic E-state index is 0.00229. The molecule has 7 heteroatoms. The summed E-state index contributed by atoms with van der Waals surface area (Å²) in [5, 5.41) is 9.77. The highest BCUT2D eigenvalue weighted by Crippen LogP contribution is 2.20. The maximum Gasteiger partial charge on any atom is 0.255 e. The van der Waals surface area contributed by atoms with Gasteiger partial charge in [-0.3, -0.25) is 14.7 Å². The van der Waals surface area contributed by atoms with E-state index in [9.17, 15) is 9.59 Å². The van der Waals surface area contributed by atoms with Crippen LogP contribution >= 0.6 is 0 Å². The smallest absolute Gasteiger partial charge is 0.255 e. The van der Waals surface area contributed by atoms with Crippen molar-refractivity contribution in [1.29, 1.82) is 0 Å². The number of nitrogens with zero attached hydrogens (tertiary/aromatic N) is 2. The van der Waals surface area contributed by atoms with Crippen molar-refractivity contribution in [2.24, 2.45) is 5.92 Å². The molecule has 138 valence electrons. The van der Waals surface area contributed by atoms with Crippen LogP contribution in [-0.2, 0) is 9.53 Å². The van der Waals surface area contributed by atoms with Crippen molar-refractivity contribution in [2.45, 2.75) is 20.0 Å². The number of morpholine rings is 1.